The summed E-state index contributed by atoms with van der Waals surface area (Å²) in [5, 5.41) is 9.53. The van der Waals surface area contributed by atoms with E-state index in [4.69, 9.17) is 4.74 Å². The number of aryl methyl sites for hydroxylation is 1. The predicted molar refractivity (Wildman–Crippen MR) is 124 cm³/mol. The molecule has 0 amide bonds. The summed E-state index contributed by atoms with van der Waals surface area (Å²) in [6, 6.07) is 3.82. The highest BCUT2D eigenvalue weighted by molar-refractivity contribution is 5.83. The topological polar surface area (TPSA) is 75.6 Å². The summed E-state index contributed by atoms with van der Waals surface area (Å²) in [4.78, 5) is 23.1. The van der Waals surface area contributed by atoms with Gasteiger partial charge in [0.15, 0.2) is 0 Å². The van der Waals surface area contributed by atoms with Crippen LogP contribution in [0.25, 0.3) is 11.3 Å². The van der Waals surface area contributed by atoms with E-state index >= 15 is 0 Å². The molecule has 3 heterocycles. The Balaban J connectivity index is 1.96. The maximum absolute atomic E-state index is 11.6. The van der Waals surface area contributed by atoms with E-state index in [9.17, 15) is 9.90 Å². The molecule has 0 aromatic carbocycles. The first kappa shape index (κ1) is 22.8. The fourth-order valence-corrected chi connectivity index (χ4v) is 3.85. The number of hydrogen-bond donors (Lipinski definition) is 1. The average Bonchev–Trinajstić information content (AvgIpc) is 2.70. The quantitative estimate of drug-likeness (QED) is 0.599. The molecule has 1 aliphatic rings. The van der Waals surface area contributed by atoms with Crippen molar-refractivity contribution in [1.82, 2.24) is 9.97 Å². The second kappa shape index (κ2) is 9.50. The number of rotatable bonds is 8. The number of pyridine rings is 2. The third-order valence-corrected chi connectivity index (χ3v) is 5.94. The fraction of sp³-hybridized carbons (Fsp3) is 0.480. The molecule has 3 rings (SSSR count). The minimum atomic E-state index is -0.852. The number of carboxylic acids is 1. The van der Waals surface area contributed by atoms with Crippen LogP contribution in [0.3, 0.4) is 0 Å². The van der Waals surface area contributed by atoms with Crippen molar-refractivity contribution in [2.45, 2.75) is 53.4 Å². The van der Waals surface area contributed by atoms with Crippen molar-refractivity contribution in [2.24, 2.45) is 5.41 Å². The monoisotopic (exact) mass is 423 g/mol. The smallest absolute Gasteiger partial charge is 0.307 e. The molecule has 0 saturated carbocycles. The Bertz CT molecular complexity index is 941. The van der Waals surface area contributed by atoms with Gasteiger partial charge in [0.2, 0.25) is 0 Å². The molecule has 0 atom stereocenters. The number of anilines is 1. The Morgan fingerprint density at radius 2 is 1.94 bits per heavy atom. The van der Waals surface area contributed by atoms with Crippen molar-refractivity contribution in [3.63, 3.8) is 0 Å². The van der Waals surface area contributed by atoms with E-state index in [1.807, 2.05) is 32.2 Å². The van der Waals surface area contributed by atoms with Gasteiger partial charge in [0.1, 0.15) is 5.75 Å². The van der Waals surface area contributed by atoms with Gasteiger partial charge in [-0.3, -0.25) is 14.8 Å². The maximum Gasteiger partial charge on any atom is 0.307 e. The van der Waals surface area contributed by atoms with Crippen LogP contribution >= 0.6 is 0 Å². The van der Waals surface area contributed by atoms with Crippen molar-refractivity contribution in [2.75, 3.05) is 24.6 Å². The summed E-state index contributed by atoms with van der Waals surface area (Å²) in [7, 11) is 0. The molecule has 1 saturated heterocycles. The second-order valence-electron chi connectivity index (χ2n) is 9.24. The summed E-state index contributed by atoms with van der Waals surface area (Å²) < 4.78 is 5.75. The molecular weight excluding hydrogens is 390 g/mol. The molecule has 1 N–H and O–H groups in total. The van der Waals surface area contributed by atoms with Gasteiger partial charge in [0.25, 0.3) is 0 Å². The average molecular weight is 424 g/mol. The lowest BCUT2D eigenvalue weighted by Gasteiger charge is -2.40. The molecule has 1 fully saturated rings. The Kier molecular flexibility index (Phi) is 6.98. The first-order chi connectivity index (χ1) is 14.7. The number of carboxylic acid groups (broad SMARTS) is 1. The lowest BCUT2D eigenvalue weighted by Crippen LogP contribution is -2.38. The van der Waals surface area contributed by atoms with Crippen molar-refractivity contribution >= 4 is 11.7 Å². The zero-order valence-electron chi connectivity index (χ0n) is 19.1. The van der Waals surface area contributed by atoms with Crippen LogP contribution in [0.2, 0.25) is 0 Å². The Hall–Kier alpha value is -2.89. The number of aromatic nitrogens is 2. The van der Waals surface area contributed by atoms with Gasteiger partial charge in [-0.1, -0.05) is 19.4 Å². The number of piperidine rings is 1. The van der Waals surface area contributed by atoms with E-state index in [1.54, 1.807) is 6.20 Å². The summed E-state index contributed by atoms with van der Waals surface area (Å²) in [5.41, 5.74) is 5.50. The molecule has 166 valence electrons. The van der Waals surface area contributed by atoms with Gasteiger partial charge < -0.3 is 14.7 Å². The van der Waals surface area contributed by atoms with E-state index in [0.29, 0.717) is 17.8 Å². The molecule has 0 radical (unpaired) electrons. The largest absolute Gasteiger partial charge is 0.492 e. The molecule has 2 aromatic heterocycles. The van der Waals surface area contributed by atoms with Crippen molar-refractivity contribution in [1.29, 1.82) is 0 Å². The fourth-order valence-electron chi connectivity index (χ4n) is 3.85. The second-order valence-corrected chi connectivity index (χ2v) is 9.24. The lowest BCUT2D eigenvalue weighted by molar-refractivity contribution is -0.136. The van der Waals surface area contributed by atoms with Crippen molar-refractivity contribution in [3.05, 3.63) is 47.9 Å². The van der Waals surface area contributed by atoms with E-state index in [2.05, 4.69) is 35.3 Å². The summed E-state index contributed by atoms with van der Waals surface area (Å²) in [5.74, 6) is -0.146. The highest BCUT2D eigenvalue weighted by Gasteiger charge is 2.29. The van der Waals surface area contributed by atoms with Gasteiger partial charge in [0.05, 0.1) is 30.6 Å². The number of hydrogen-bond acceptors (Lipinski definition) is 5. The van der Waals surface area contributed by atoms with Crippen LogP contribution in [0.15, 0.2) is 36.7 Å². The van der Waals surface area contributed by atoms with E-state index in [-0.39, 0.29) is 6.42 Å². The first-order valence-electron chi connectivity index (χ1n) is 10.8. The molecule has 0 unspecified atom stereocenters. The SMILES string of the molecule is C=C(C)CCOc1ccc(-c2cnc(C)c(CC(=O)O)c2N2CCC(C)(C)CC2)nc1. The van der Waals surface area contributed by atoms with Gasteiger partial charge in [-0.05, 0) is 44.2 Å². The van der Waals surface area contributed by atoms with Gasteiger partial charge in [0, 0.05) is 42.5 Å². The minimum Gasteiger partial charge on any atom is -0.492 e. The number of nitrogens with zero attached hydrogens (tertiary/aromatic N) is 3. The minimum absolute atomic E-state index is 0.0516. The molecule has 6 heteroatoms. The van der Waals surface area contributed by atoms with Gasteiger partial charge in [-0.25, -0.2) is 0 Å². The van der Waals surface area contributed by atoms with E-state index in [0.717, 1.165) is 66.1 Å². The Morgan fingerprint density at radius 1 is 1.23 bits per heavy atom. The summed E-state index contributed by atoms with van der Waals surface area (Å²) in [6.45, 7) is 14.7. The highest BCUT2D eigenvalue weighted by atomic mass is 16.5. The number of aliphatic carboxylic acids is 1. The molecule has 0 bridgehead atoms. The van der Waals surface area contributed by atoms with Gasteiger partial charge in [-0.2, -0.15) is 0 Å². The summed E-state index contributed by atoms with van der Waals surface area (Å²) >= 11 is 0. The lowest BCUT2D eigenvalue weighted by atomic mass is 9.82. The predicted octanol–water partition coefficient (Wildman–Crippen LogP) is 5.05. The van der Waals surface area contributed by atoms with Crippen LogP contribution in [-0.2, 0) is 11.2 Å². The van der Waals surface area contributed by atoms with E-state index < -0.39 is 5.97 Å². The summed E-state index contributed by atoms with van der Waals surface area (Å²) in [6.07, 6.45) is 6.40. The third kappa shape index (κ3) is 5.84. The number of ether oxygens (including phenoxy) is 1. The highest BCUT2D eigenvalue weighted by Crippen LogP contribution is 2.39. The molecule has 0 aliphatic carbocycles. The molecular formula is C25H33N3O3. The van der Waals surface area contributed by atoms with Gasteiger partial charge in [-0.15, -0.1) is 6.58 Å². The van der Waals surface area contributed by atoms with Crippen LogP contribution < -0.4 is 9.64 Å². The first-order valence-corrected chi connectivity index (χ1v) is 10.8. The van der Waals surface area contributed by atoms with Crippen LogP contribution in [0, 0.1) is 12.3 Å². The van der Waals surface area contributed by atoms with Crippen LogP contribution in [-0.4, -0.2) is 40.7 Å². The Morgan fingerprint density at radius 3 is 2.52 bits per heavy atom. The number of carbonyl (C=O) groups is 1. The Labute approximate surface area is 185 Å². The van der Waals surface area contributed by atoms with Crippen LogP contribution in [0.1, 0.15) is 51.3 Å². The zero-order valence-corrected chi connectivity index (χ0v) is 19.1. The van der Waals surface area contributed by atoms with Crippen LogP contribution in [0.4, 0.5) is 5.69 Å². The van der Waals surface area contributed by atoms with Crippen molar-refractivity contribution < 1.29 is 14.6 Å². The van der Waals surface area contributed by atoms with Crippen molar-refractivity contribution in [3.8, 4) is 17.0 Å². The molecule has 6 nitrogen and oxygen atoms in total. The van der Waals surface area contributed by atoms with Crippen LogP contribution in [0.5, 0.6) is 5.75 Å². The normalized spacial score (nSPS) is 15.5. The zero-order chi connectivity index (χ0) is 22.6. The van der Waals surface area contributed by atoms with Gasteiger partial charge >= 0.3 is 5.97 Å². The van der Waals surface area contributed by atoms with E-state index in [1.165, 1.54) is 0 Å². The molecule has 2 aromatic rings. The molecule has 1 aliphatic heterocycles. The molecule has 0 spiro atoms. The maximum atomic E-state index is 11.6. The third-order valence-electron chi connectivity index (χ3n) is 5.94. The standard InChI is InChI=1S/C25H33N3O3/c1-17(2)8-13-31-19-6-7-22(27-15-19)21-16-26-18(3)20(14-23(29)30)24(21)28-11-9-25(4,5)10-12-28/h6-7,15-16H,1,8-14H2,2-5H3,(H,29,30). The molecule has 31 heavy (non-hydrogen) atoms.